The Morgan fingerprint density at radius 1 is 1.60 bits per heavy atom. The number of carbonyl (C=O) groups excluding carboxylic acids is 1. The summed E-state index contributed by atoms with van der Waals surface area (Å²) in [6.45, 7) is 2.38. The summed E-state index contributed by atoms with van der Waals surface area (Å²) in [5, 5.41) is 2.82. The smallest absolute Gasteiger partial charge is 0.286 e. The molecule has 1 fully saturated rings. The zero-order valence-corrected chi connectivity index (χ0v) is 8.57. The monoisotopic (exact) mass is 209 g/mol. The van der Waals surface area contributed by atoms with E-state index in [1.165, 1.54) is 6.26 Å². The molecule has 1 amide bonds. The first kappa shape index (κ1) is 10.2. The molecular weight excluding hydrogens is 194 g/mol. The van der Waals surface area contributed by atoms with Crippen LogP contribution in [-0.2, 0) is 4.74 Å². The summed E-state index contributed by atoms with van der Waals surface area (Å²) in [6, 6.07) is 3.37. The standard InChI is InChI=1S/C11H15NO3/c13-11(10-2-1-6-15-10)12-5-3-9-4-7-14-8-9/h1-2,6,9H,3-5,7-8H2,(H,12,13). The minimum absolute atomic E-state index is 0.140. The van der Waals surface area contributed by atoms with Gasteiger partial charge in [0.2, 0.25) is 0 Å². The van der Waals surface area contributed by atoms with Gasteiger partial charge in [0.1, 0.15) is 0 Å². The SMILES string of the molecule is O=C(NCCC1CCOC1)c1ccco1. The number of hydrogen-bond donors (Lipinski definition) is 1. The van der Waals surface area contributed by atoms with Gasteiger partial charge in [0.05, 0.1) is 6.26 Å². The third kappa shape index (κ3) is 2.83. The van der Waals surface area contributed by atoms with Crippen molar-refractivity contribution in [2.75, 3.05) is 19.8 Å². The van der Waals surface area contributed by atoms with Crippen LogP contribution in [0.2, 0.25) is 0 Å². The molecule has 1 N–H and O–H groups in total. The zero-order chi connectivity index (χ0) is 10.5. The number of carbonyl (C=O) groups is 1. The van der Waals surface area contributed by atoms with Gasteiger partial charge in [0.25, 0.3) is 5.91 Å². The number of rotatable bonds is 4. The highest BCUT2D eigenvalue weighted by molar-refractivity contribution is 5.91. The second kappa shape index (κ2) is 4.98. The van der Waals surface area contributed by atoms with E-state index in [0.717, 1.165) is 26.1 Å². The molecule has 2 rings (SSSR count). The maximum absolute atomic E-state index is 11.4. The average Bonchev–Trinajstić information content (AvgIpc) is 2.90. The van der Waals surface area contributed by atoms with Crippen LogP contribution in [0, 0.1) is 5.92 Å². The van der Waals surface area contributed by atoms with Gasteiger partial charge in [0, 0.05) is 19.8 Å². The molecule has 1 unspecified atom stereocenters. The fraction of sp³-hybridized carbons (Fsp3) is 0.545. The quantitative estimate of drug-likeness (QED) is 0.816. The summed E-state index contributed by atoms with van der Waals surface area (Å²) in [5.41, 5.74) is 0. The third-order valence-electron chi connectivity index (χ3n) is 2.61. The topological polar surface area (TPSA) is 51.5 Å². The van der Waals surface area contributed by atoms with Crippen LogP contribution in [0.15, 0.2) is 22.8 Å². The van der Waals surface area contributed by atoms with Crippen molar-refractivity contribution in [2.24, 2.45) is 5.92 Å². The minimum Gasteiger partial charge on any atom is -0.459 e. The molecule has 1 aromatic rings. The summed E-state index contributed by atoms with van der Waals surface area (Å²) in [7, 11) is 0. The Labute approximate surface area is 88.6 Å². The van der Waals surface area contributed by atoms with E-state index in [2.05, 4.69) is 5.32 Å². The van der Waals surface area contributed by atoms with Crippen molar-refractivity contribution in [3.05, 3.63) is 24.2 Å². The van der Waals surface area contributed by atoms with Crippen molar-refractivity contribution in [3.8, 4) is 0 Å². The van der Waals surface area contributed by atoms with E-state index in [1.54, 1.807) is 12.1 Å². The maximum atomic E-state index is 11.4. The first-order chi connectivity index (χ1) is 7.36. The lowest BCUT2D eigenvalue weighted by molar-refractivity contribution is 0.0923. The summed E-state index contributed by atoms with van der Waals surface area (Å²) >= 11 is 0. The van der Waals surface area contributed by atoms with Gasteiger partial charge in [-0.3, -0.25) is 4.79 Å². The van der Waals surface area contributed by atoms with Gasteiger partial charge in [-0.1, -0.05) is 0 Å². The number of furan rings is 1. The van der Waals surface area contributed by atoms with E-state index in [0.29, 0.717) is 18.2 Å². The van der Waals surface area contributed by atoms with E-state index in [4.69, 9.17) is 9.15 Å². The van der Waals surface area contributed by atoms with Crippen LogP contribution in [0.4, 0.5) is 0 Å². The highest BCUT2D eigenvalue weighted by Crippen LogP contribution is 2.15. The minimum atomic E-state index is -0.140. The molecule has 0 spiro atoms. The molecule has 82 valence electrons. The molecule has 4 heteroatoms. The molecule has 4 nitrogen and oxygen atoms in total. The van der Waals surface area contributed by atoms with Gasteiger partial charge < -0.3 is 14.5 Å². The molecule has 0 saturated carbocycles. The maximum Gasteiger partial charge on any atom is 0.286 e. The van der Waals surface area contributed by atoms with Crippen LogP contribution in [0.3, 0.4) is 0 Å². The lowest BCUT2D eigenvalue weighted by Gasteiger charge is -2.07. The van der Waals surface area contributed by atoms with Crippen LogP contribution in [0.5, 0.6) is 0 Å². The fourth-order valence-corrected chi connectivity index (χ4v) is 1.70. The number of ether oxygens (including phenoxy) is 1. The first-order valence-corrected chi connectivity index (χ1v) is 5.25. The van der Waals surface area contributed by atoms with Crippen molar-refractivity contribution < 1.29 is 13.9 Å². The summed E-state index contributed by atoms with van der Waals surface area (Å²) in [4.78, 5) is 11.4. The highest BCUT2D eigenvalue weighted by atomic mass is 16.5. The summed E-state index contributed by atoms with van der Waals surface area (Å²) < 4.78 is 10.2. The van der Waals surface area contributed by atoms with Crippen molar-refractivity contribution >= 4 is 5.91 Å². The van der Waals surface area contributed by atoms with Gasteiger partial charge in [-0.05, 0) is 30.9 Å². The number of nitrogens with one attached hydrogen (secondary N) is 1. The van der Waals surface area contributed by atoms with Crippen LogP contribution >= 0.6 is 0 Å². The molecule has 1 saturated heterocycles. The molecule has 0 bridgehead atoms. The van der Waals surface area contributed by atoms with E-state index in [9.17, 15) is 4.79 Å². The second-order valence-electron chi connectivity index (χ2n) is 3.75. The van der Waals surface area contributed by atoms with E-state index in [-0.39, 0.29) is 5.91 Å². The van der Waals surface area contributed by atoms with Gasteiger partial charge in [-0.15, -0.1) is 0 Å². The third-order valence-corrected chi connectivity index (χ3v) is 2.61. The molecule has 1 aromatic heterocycles. The van der Waals surface area contributed by atoms with Crippen LogP contribution < -0.4 is 5.32 Å². The lowest BCUT2D eigenvalue weighted by atomic mass is 10.1. The normalized spacial score (nSPS) is 20.4. The molecule has 0 aromatic carbocycles. The Morgan fingerprint density at radius 2 is 2.53 bits per heavy atom. The van der Waals surface area contributed by atoms with E-state index >= 15 is 0 Å². The van der Waals surface area contributed by atoms with E-state index in [1.807, 2.05) is 0 Å². The molecule has 15 heavy (non-hydrogen) atoms. The number of amides is 1. The Hall–Kier alpha value is -1.29. The summed E-state index contributed by atoms with van der Waals surface area (Å²) in [6.07, 6.45) is 3.59. The average molecular weight is 209 g/mol. The first-order valence-electron chi connectivity index (χ1n) is 5.25. The second-order valence-corrected chi connectivity index (χ2v) is 3.75. The van der Waals surface area contributed by atoms with Crippen LogP contribution in [0.25, 0.3) is 0 Å². The molecule has 0 aliphatic carbocycles. The molecule has 1 aliphatic rings. The largest absolute Gasteiger partial charge is 0.459 e. The molecular formula is C11H15NO3. The number of hydrogen-bond acceptors (Lipinski definition) is 3. The summed E-state index contributed by atoms with van der Waals surface area (Å²) in [5.74, 6) is 0.832. The van der Waals surface area contributed by atoms with Crippen LogP contribution in [-0.4, -0.2) is 25.7 Å². The van der Waals surface area contributed by atoms with Gasteiger partial charge in [-0.25, -0.2) is 0 Å². The van der Waals surface area contributed by atoms with Gasteiger partial charge >= 0.3 is 0 Å². The van der Waals surface area contributed by atoms with Gasteiger partial charge in [-0.2, -0.15) is 0 Å². The van der Waals surface area contributed by atoms with Crippen molar-refractivity contribution in [2.45, 2.75) is 12.8 Å². The Bertz CT molecular complexity index is 302. The van der Waals surface area contributed by atoms with Crippen LogP contribution in [0.1, 0.15) is 23.4 Å². The molecule has 0 radical (unpaired) electrons. The molecule has 1 atom stereocenters. The Kier molecular flexibility index (Phi) is 3.40. The predicted octanol–water partition coefficient (Wildman–Crippen LogP) is 1.44. The fourth-order valence-electron chi connectivity index (χ4n) is 1.70. The van der Waals surface area contributed by atoms with Crippen molar-refractivity contribution in [1.29, 1.82) is 0 Å². The predicted molar refractivity (Wildman–Crippen MR) is 54.6 cm³/mol. The molecule has 1 aliphatic heterocycles. The Balaban J connectivity index is 1.67. The van der Waals surface area contributed by atoms with Gasteiger partial charge in [0.15, 0.2) is 5.76 Å². The zero-order valence-electron chi connectivity index (χ0n) is 8.57. The van der Waals surface area contributed by atoms with Crippen molar-refractivity contribution in [3.63, 3.8) is 0 Å². The highest BCUT2D eigenvalue weighted by Gasteiger charge is 2.15. The molecule has 2 heterocycles. The van der Waals surface area contributed by atoms with Crippen molar-refractivity contribution in [1.82, 2.24) is 5.32 Å². The Morgan fingerprint density at radius 3 is 3.20 bits per heavy atom. The lowest BCUT2D eigenvalue weighted by Crippen LogP contribution is -2.25. The van der Waals surface area contributed by atoms with E-state index < -0.39 is 0 Å².